The number of imidazole rings is 1. The van der Waals surface area contributed by atoms with E-state index in [1.807, 2.05) is 25.4 Å². The Morgan fingerprint density at radius 1 is 1.36 bits per heavy atom. The maximum Gasteiger partial charge on any atom is 0.170 e. The summed E-state index contributed by atoms with van der Waals surface area (Å²) in [5.74, 6) is 0.863. The maximum absolute atomic E-state index is 4.13. The van der Waals surface area contributed by atoms with Crippen molar-refractivity contribution in [2.45, 2.75) is 10.1 Å². The lowest BCUT2D eigenvalue weighted by atomic mass is 10.5. The van der Waals surface area contributed by atoms with Gasteiger partial charge in [-0.15, -0.1) is 0 Å². The number of anilines is 1. The Kier molecular flexibility index (Phi) is 2.69. The Hall–Kier alpha value is -1.49. The summed E-state index contributed by atoms with van der Waals surface area (Å²) in [7, 11) is 1.85. The molecule has 0 aromatic carbocycles. The molecular formula is C9H10N4S. The summed E-state index contributed by atoms with van der Waals surface area (Å²) < 4.78 is 0. The van der Waals surface area contributed by atoms with Crippen molar-refractivity contribution >= 4 is 17.6 Å². The molecule has 4 nitrogen and oxygen atoms in total. The smallest absolute Gasteiger partial charge is 0.170 e. The van der Waals surface area contributed by atoms with Gasteiger partial charge in [0.25, 0.3) is 0 Å². The fourth-order valence-electron chi connectivity index (χ4n) is 1.03. The van der Waals surface area contributed by atoms with E-state index in [0.29, 0.717) is 0 Å². The average Bonchev–Trinajstić information content (AvgIpc) is 2.71. The first-order valence-corrected chi connectivity index (χ1v) is 5.01. The van der Waals surface area contributed by atoms with Crippen LogP contribution in [0, 0.1) is 0 Å². The molecule has 2 rings (SSSR count). The van der Waals surface area contributed by atoms with Crippen LogP contribution in [0.1, 0.15) is 0 Å². The lowest BCUT2D eigenvalue weighted by Crippen LogP contribution is -1.90. The molecule has 0 saturated heterocycles. The van der Waals surface area contributed by atoms with Crippen LogP contribution in [0.2, 0.25) is 0 Å². The Balaban J connectivity index is 2.17. The van der Waals surface area contributed by atoms with Crippen molar-refractivity contribution in [1.82, 2.24) is 15.0 Å². The summed E-state index contributed by atoms with van der Waals surface area (Å²) in [6.07, 6.45) is 5.32. The van der Waals surface area contributed by atoms with E-state index < -0.39 is 0 Å². The third kappa shape index (κ3) is 2.05. The highest BCUT2D eigenvalue weighted by atomic mass is 32.2. The lowest BCUT2D eigenvalue weighted by Gasteiger charge is -2.01. The number of nitrogens with zero attached hydrogens (tertiary/aromatic N) is 2. The SMILES string of the molecule is CNc1cc(Sc2ncc[nH]2)ccn1. The van der Waals surface area contributed by atoms with Gasteiger partial charge >= 0.3 is 0 Å². The molecule has 0 aliphatic heterocycles. The van der Waals surface area contributed by atoms with Gasteiger partial charge < -0.3 is 10.3 Å². The van der Waals surface area contributed by atoms with Crippen LogP contribution in [0.3, 0.4) is 0 Å². The van der Waals surface area contributed by atoms with Crippen LogP contribution < -0.4 is 5.32 Å². The minimum atomic E-state index is 0.863. The molecule has 0 saturated carbocycles. The molecule has 5 heteroatoms. The third-order valence-corrected chi connectivity index (χ3v) is 2.58. The first-order valence-electron chi connectivity index (χ1n) is 4.19. The van der Waals surface area contributed by atoms with Crippen molar-refractivity contribution in [3.63, 3.8) is 0 Å². The second-order valence-electron chi connectivity index (χ2n) is 2.62. The van der Waals surface area contributed by atoms with Crippen LogP contribution in [0.15, 0.2) is 40.8 Å². The van der Waals surface area contributed by atoms with E-state index in [9.17, 15) is 0 Å². The number of hydrogen-bond acceptors (Lipinski definition) is 4. The highest BCUT2D eigenvalue weighted by molar-refractivity contribution is 7.99. The molecule has 2 aromatic rings. The van der Waals surface area contributed by atoms with Gasteiger partial charge in [0.15, 0.2) is 5.16 Å². The van der Waals surface area contributed by atoms with Crippen LogP contribution in [0.4, 0.5) is 5.82 Å². The molecule has 0 amide bonds. The largest absolute Gasteiger partial charge is 0.373 e. The zero-order chi connectivity index (χ0) is 9.80. The Labute approximate surface area is 86.2 Å². The maximum atomic E-state index is 4.13. The van der Waals surface area contributed by atoms with Crippen LogP contribution in [-0.4, -0.2) is 22.0 Å². The van der Waals surface area contributed by atoms with Crippen LogP contribution in [0.25, 0.3) is 0 Å². The zero-order valence-corrected chi connectivity index (χ0v) is 8.51. The highest BCUT2D eigenvalue weighted by Crippen LogP contribution is 2.25. The number of aromatic amines is 1. The molecule has 0 aliphatic rings. The minimum absolute atomic E-state index is 0.863. The normalized spacial score (nSPS) is 10.1. The number of nitrogens with one attached hydrogen (secondary N) is 2. The van der Waals surface area contributed by atoms with Crippen LogP contribution in [0.5, 0.6) is 0 Å². The summed E-state index contributed by atoms with van der Waals surface area (Å²) in [4.78, 5) is 12.4. The molecule has 0 atom stereocenters. The number of aromatic nitrogens is 3. The first-order chi connectivity index (χ1) is 6.88. The van der Waals surface area contributed by atoms with Gasteiger partial charge in [0.2, 0.25) is 0 Å². The summed E-state index contributed by atoms with van der Waals surface area (Å²) in [5.41, 5.74) is 0. The van der Waals surface area contributed by atoms with Crippen molar-refractivity contribution < 1.29 is 0 Å². The highest BCUT2D eigenvalue weighted by Gasteiger charge is 1.99. The Bertz CT molecular complexity index is 399. The van der Waals surface area contributed by atoms with Gasteiger partial charge in [0.05, 0.1) is 0 Å². The molecule has 2 N–H and O–H groups in total. The van der Waals surface area contributed by atoms with Crippen molar-refractivity contribution in [1.29, 1.82) is 0 Å². The van der Waals surface area contributed by atoms with Crippen molar-refractivity contribution in [2.75, 3.05) is 12.4 Å². The van der Waals surface area contributed by atoms with Gasteiger partial charge in [0, 0.05) is 30.5 Å². The van der Waals surface area contributed by atoms with Gasteiger partial charge in [-0.25, -0.2) is 9.97 Å². The van der Waals surface area contributed by atoms with Crippen LogP contribution in [-0.2, 0) is 0 Å². The molecule has 0 bridgehead atoms. The van der Waals surface area contributed by atoms with Gasteiger partial charge in [-0.05, 0) is 12.1 Å². The van der Waals surface area contributed by atoms with E-state index in [-0.39, 0.29) is 0 Å². The molecule has 0 aliphatic carbocycles. The number of pyridine rings is 1. The second kappa shape index (κ2) is 4.15. The van der Waals surface area contributed by atoms with E-state index in [2.05, 4.69) is 20.3 Å². The minimum Gasteiger partial charge on any atom is -0.373 e. The monoisotopic (exact) mass is 206 g/mol. The molecular weight excluding hydrogens is 196 g/mol. The molecule has 0 unspecified atom stereocenters. The van der Waals surface area contributed by atoms with E-state index in [4.69, 9.17) is 0 Å². The Morgan fingerprint density at radius 3 is 3.00 bits per heavy atom. The molecule has 0 fully saturated rings. The van der Waals surface area contributed by atoms with E-state index in [1.165, 1.54) is 0 Å². The summed E-state index contributed by atoms with van der Waals surface area (Å²) >= 11 is 1.58. The molecule has 14 heavy (non-hydrogen) atoms. The molecule has 72 valence electrons. The van der Waals surface area contributed by atoms with Crippen molar-refractivity contribution in [3.05, 3.63) is 30.7 Å². The summed E-state index contributed by atoms with van der Waals surface area (Å²) in [6.45, 7) is 0. The van der Waals surface area contributed by atoms with Gasteiger partial charge in [-0.2, -0.15) is 0 Å². The predicted octanol–water partition coefficient (Wildman–Crippen LogP) is 2.00. The standard InChI is InChI=1S/C9H10N4S/c1-10-8-6-7(2-3-11-8)14-9-12-4-5-13-9/h2-6H,1H3,(H,10,11)(H,12,13). The fourth-order valence-corrected chi connectivity index (χ4v) is 1.79. The van der Waals surface area contributed by atoms with E-state index >= 15 is 0 Å². The number of rotatable bonds is 3. The van der Waals surface area contributed by atoms with Crippen molar-refractivity contribution in [2.24, 2.45) is 0 Å². The quantitative estimate of drug-likeness (QED) is 0.806. The lowest BCUT2D eigenvalue weighted by molar-refractivity contribution is 1.06. The molecule has 0 spiro atoms. The van der Waals surface area contributed by atoms with Gasteiger partial charge in [0.1, 0.15) is 5.82 Å². The third-order valence-electron chi connectivity index (χ3n) is 1.68. The topological polar surface area (TPSA) is 53.6 Å². The number of H-pyrrole nitrogens is 1. The van der Waals surface area contributed by atoms with E-state index in [0.717, 1.165) is 15.9 Å². The van der Waals surface area contributed by atoms with Gasteiger partial charge in [-0.3, -0.25) is 0 Å². The predicted molar refractivity (Wildman–Crippen MR) is 56.5 cm³/mol. The molecule has 2 heterocycles. The van der Waals surface area contributed by atoms with Gasteiger partial charge in [-0.1, -0.05) is 11.8 Å². The Morgan fingerprint density at radius 2 is 2.29 bits per heavy atom. The summed E-state index contributed by atoms with van der Waals surface area (Å²) in [6, 6.07) is 3.93. The van der Waals surface area contributed by atoms with Crippen molar-refractivity contribution in [3.8, 4) is 0 Å². The number of hydrogen-bond donors (Lipinski definition) is 2. The second-order valence-corrected chi connectivity index (χ2v) is 3.69. The van der Waals surface area contributed by atoms with E-state index in [1.54, 1.807) is 24.2 Å². The molecule has 0 radical (unpaired) electrons. The fraction of sp³-hybridized carbons (Fsp3) is 0.111. The average molecular weight is 206 g/mol. The first kappa shape index (κ1) is 9.08. The zero-order valence-electron chi connectivity index (χ0n) is 7.69. The van der Waals surface area contributed by atoms with Crippen LogP contribution >= 0.6 is 11.8 Å². The molecule has 2 aromatic heterocycles. The summed E-state index contributed by atoms with van der Waals surface area (Å²) in [5, 5.41) is 3.88.